The zero-order valence-corrected chi connectivity index (χ0v) is 15.8. The van der Waals surface area contributed by atoms with Gasteiger partial charge in [0.1, 0.15) is 0 Å². The van der Waals surface area contributed by atoms with Crippen molar-refractivity contribution in [1.82, 2.24) is 10.4 Å². The first-order chi connectivity index (χ1) is 12.4. The molecular weight excluding hydrogens is 314 g/mol. The van der Waals surface area contributed by atoms with Gasteiger partial charge < -0.3 is 0 Å². The molecule has 144 valence electrons. The van der Waals surface area contributed by atoms with Crippen LogP contribution in [0.2, 0.25) is 0 Å². The van der Waals surface area contributed by atoms with E-state index in [2.05, 4.69) is 15.6 Å². The molecule has 3 rings (SSSR count). The lowest BCUT2D eigenvalue weighted by Crippen LogP contribution is -2.51. The molecule has 0 bridgehead atoms. The maximum Gasteiger partial charge on any atom is 0.0933 e. The van der Waals surface area contributed by atoms with Crippen LogP contribution in [0.5, 0.6) is 0 Å². The van der Waals surface area contributed by atoms with E-state index in [9.17, 15) is 4.91 Å². The molecule has 0 aromatic heterocycles. The molecule has 25 heavy (non-hydrogen) atoms. The highest BCUT2D eigenvalue weighted by atomic mass is 16.7. The van der Waals surface area contributed by atoms with Gasteiger partial charge >= 0.3 is 0 Å². The first-order valence-corrected chi connectivity index (χ1v) is 10.8. The zero-order chi connectivity index (χ0) is 17.3. The molecule has 0 aromatic rings. The van der Waals surface area contributed by atoms with Gasteiger partial charge in [0.2, 0.25) is 0 Å². The van der Waals surface area contributed by atoms with Crippen LogP contribution >= 0.6 is 0 Å². The van der Waals surface area contributed by atoms with E-state index in [0.717, 1.165) is 39.0 Å². The smallest absolute Gasteiger partial charge is 0.0933 e. The lowest BCUT2D eigenvalue weighted by atomic mass is 9.86. The summed E-state index contributed by atoms with van der Waals surface area (Å²) in [5.41, 5.74) is 0. The van der Waals surface area contributed by atoms with Crippen LogP contribution in [0, 0.1) is 16.7 Å². The number of nitroso groups, excluding NO2 is 1. The van der Waals surface area contributed by atoms with Crippen molar-refractivity contribution in [2.24, 2.45) is 17.0 Å². The Bertz CT molecular complexity index is 381. The molecular formula is C20H37N3O2. The van der Waals surface area contributed by atoms with Crippen LogP contribution in [0.1, 0.15) is 83.5 Å². The summed E-state index contributed by atoms with van der Waals surface area (Å²) in [6.07, 6.45) is 16.5. The normalized spacial score (nSPS) is 31.8. The average molecular weight is 352 g/mol. The van der Waals surface area contributed by atoms with Gasteiger partial charge in [-0.15, -0.1) is 0 Å². The van der Waals surface area contributed by atoms with Gasteiger partial charge in [-0.3, -0.25) is 10.2 Å². The summed E-state index contributed by atoms with van der Waals surface area (Å²) in [5.74, 6) is 1.40. The molecule has 2 atom stereocenters. The summed E-state index contributed by atoms with van der Waals surface area (Å²) in [5, 5.41) is 9.34. The van der Waals surface area contributed by atoms with Gasteiger partial charge in [0.15, 0.2) is 0 Å². The molecule has 2 aliphatic carbocycles. The standard InChI is InChI=1S/C20H37N3O2/c24-22-19-12-7-14-21-20(18-10-5-2-6-11-18)23(15-13-19)25-16-17-8-3-1-4-9-17/h17-21H,1-16H2. The Morgan fingerprint density at radius 3 is 2.32 bits per heavy atom. The molecule has 5 heteroatoms. The van der Waals surface area contributed by atoms with Crippen LogP contribution in [0.4, 0.5) is 0 Å². The van der Waals surface area contributed by atoms with Crippen LogP contribution in [0.25, 0.3) is 0 Å². The minimum Gasteiger partial charge on any atom is -0.300 e. The molecule has 0 radical (unpaired) electrons. The second kappa shape index (κ2) is 10.6. The van der Waals surface area contributed by atoms with Crippen LogP contribution in [0.3, 0.4) is 0 Å². The molecule has 3 fully saturated rings. The summed E-state index contributed by atoms with van der Waals surface area (Å²) in [7, 11) is 0. The van der Waals surface area contributed by atoms with E-state index < -0.39 is 0 Å². The molecule has 1 saturated heterocycles. The monoisotopic (exact) mass is 351 g/mol. The lowest BCUT2D eigenvalue weighted by Gasteiger charge is -2.39. The Kier molecular flexibility index (Phi) is 8.15. The van der Waals surface area contributed by atoms with Gasteiger partial charge in [0, 0.05) is 6.54 Å². The molecule has 2 saturated carbocycles. The van der Waals surface area contributed by atoms with E-state index in [1.54, 1.807) is 0 Å². The van der Waals surface area contributed by atoms with Gasteiger partial charge in [0.05, 0.1) is 18.8 Å². The van der Waals surface area contributed by atoms with Crippen molar-refractivity contribution in [3.63, 3.8) is 0 Å². The third-order valence-corrected chi connectivity index (χ3v) is 6.51. The third-order valence-electron chi connectivity index (χ3n) is 6.51. The quantitative estimate of drug-likeness (QED) is 0.735. The maximum absolute atomic E-state index is 11.1. The van der Waals surface area contributed by atoms with Crippen LogP contribution < -0.4 is 5.32 Å². The van der Waals surface area contributed by atoms with Crippen molar-refractivity contribution in [3.05, 3.63) is 4.91 Å². The van der Waals surface area contributed by atoms with Crippen LogP contribution in [0.15, 0.2) is 5.18 Å². The summed E-state index contributed by atoms with van der Waals surface area (Å²) >= 11 is 0. The summed E-state index contributed by atoms with van der Waals surface area (Å²) < 4.78 is 0. The van der Waals surface area contributed by atoms with Crippen molar-refractivity contribution < 1.29 is 4.84 Å². The number of hydrogen-bond acceptors (Lipinski definition) is 5. The molecule has 1 N–H and O–H groups in total. The van der Waals surface area contributed by atoms with E-state index in [0.29, 0.717) is 18.0 Å². The number of nitrogens with one attached hydrogen (secondary N) is 1. The van der Waals surface area contributed by atoms with E-state index >= 15 is 0 Å². The van der Waals surface area contributed by atoms with E-state index in [4.69, 9.17) is 4.84 Å². The van der Waals surface area contributed by atoms with Crippen molar-refractivity contribution in [2.45, 2.75) is 95.7 Å². The predicted octanol–water partition coefficient (Wildman–Crippen LogP) is 4.62. The Morgan fingerprint density at radius 1 is 0.880 bits per heavy atom. The van der Waals surface area contributed by atoms with Crippen LogP contribution in [-0.2, 0) is 4.84 Å². The van der Waals surface area contributed by atoms with Crippen molar-refractivity contribution in [3.8, 4) is 0 Å². The Balaban J connectivity index is 1.62. The third kappa shape index (κ3) is 6.00. The van der Waals surface area contributed by atoms with Gasteiger partial charge in [-0.25, -0.2) is 0 Å². The molecule has 0 spiro atoms. The first kappa shape index (κ1) is 19.2. The maximum atomic E-state index is 11.1. The summed E-state index contributed by atoms with van der Waals surface area (Å²) in [6.45, 7) is 2.65. The highest BCUT2D eigenvalue weighted by molar-refractivity contribution is 4.81. The zero-order valence-electron chi connectivity index (χ0n) is 15.8. The van der Waals surface area contributed by atoms with Gasteiger partial charge in [-0.1, -0.05) is 43.7 Å². The molecule has 0 amide bonds. The van der Waals surface area contributed by atoms with E-state index in [1.165, 1.54) is 64.2 Å². The SMILES string of the molecule is O=NC1CCCNC(C2CCCCC2)N(OCC2CCCCC2)CC1. The topological polar surface area (TPSA) is 53.9 Å². The molecule has 0 aromatic carbocycles. The molecule has 3 aliphatic rings. The van der Waals surface area contributed by atoms with Crippen molar-refractivity contribution in [1.29, 1.82) is 0 Å². The minimum atomic E-state index is -0.0484. The number of nitrogens with zero attached hydrogens (tertiary/aromatic N) is 2. The fourth-order valence-electron chi connectivity index (χ4n) is 4.91. The number of rotatable bonds is 5. The molecule has 2 unspecified atom stereocenters. The Morgan fingerprint density at radius 2 is 1.60 bits per heavy atom. The second-order valence-corrected chi connectivity index (χ2v) is 8.43. The predicted molar refractivity (Wildman–Crippen MR) is 101 cm³/mol. The van der Waals surface area contributed by atoms with E-state index in [1.807, 2.05) is 0 Å². The van der Waals surface area contributed by atoms with Crippen molar-refractivity contribution in [2.75, 3.05) is 19.7 Å². The largest absolute Gasteiger partial charge is 0.300 e. The van der Waals surface area contributed by atoms with Crippen molar-refractivity contribution >= 4 is 0 Å². The first-order valence-electron chi connectivity index (χ1n) is 10.8. The minimum absolute atomic E-state index is 0.0484. The molecule has 5 nitrogen and oxygen atoms in total. The summed E-state index contributed by atoms with van der Waals surface area (Å²) in [6, 6.07) is -0.0484. The molecule has 1 heterocycles. The van der Waals surface area contributed by atoms with Crippen LogP contribution in [-0.4, -0.2) is 37.0 Å². The fourth-order valence-corrected chi connectivity index (χ4v) is 4.91. The Hall–Kier alpha value is -0.520. The average Bonchev–Trinajstić information content (AvgIpc) is 2.78. The van der Waals surface area contributed by atoms with Gasteiger partial charge in [-0.05, 0) is 63.3 Å². The fraction of sp³-hybridized carbons (Fsp3) is 1.00. The van der Waals surface area contributed by atoms with E-state index in [-0.39, 0.29) is 6.04 Å². The summed E-state index contributed by atoms with van der Waals surface area (Å²) in [4.78, 5) is 17.5. The number of hydrogen-bond donors (Lipinski definition) is 1. The second-order valence-electron chi connectivity index (χ2n) is 8.43. The number of hydroxylamine groups is 2. The van der Waals surface area contributed by atoms with Gasteiger partial charge in [0.25, 0.3) is 0 Å². The lowest BCUT2D eigenvalue weighted by molar-refractivity contribution is -0.216. The molecule has 1 aliphatic heterocycles. The van der Waals surface area contributed by atoms with Gasteiger partial charge in [-0.2, -0.15) is 9.97 Å². The highest BCUT2D eigenvalue weighted by Crippen LogP contribution is 2.30. The Labute approximate surface area is 153 Å². The highest BCUT2D eigenvalue weighted by Gasteiger charge is 2.31.